The maximum absolute atomic E-state index is 13.0. The molecule has 1 atom stereocenters. The van der Waals surface area contributed by atoms with Crippen LogP contribution in [-0.2, 0) is 17.5 Å². The first kappa shape index (κ1) is 22.7. The number of carbonyl (C=O) groups is 1. The molecule has 1 amide bonds. The van der Waals surface area contributed by atoms with Crippen LogP contribution in [0.1, 0.15) is 30.0 Å². The van der Waals surface area contributed by atoms with Gasteiger partial charge in [0, 0.05) is 26.2 Å². The molecule has 30 heavy (non-hydrogen) atoms. The molecule has 1 N–H and O–H groups in total. The number of aromatic nitrogens is 2. The van der Waals surface area contributed by atoms with Crippen molar-refractivity contribution in [1.82, 2.24) is 14.7 Å². The molecule has 1 aromatic carbocycles. The molecule has 1 aromatic heterocycles. The molecule has 3 rings (SSSR count). The van der Waals surface area contributed by atoms with Gasteiger partial charge in [-0.25, -0.2) is 0 Å². The van der Waals surface area contributed by atoms with Crippen molar-refractivity contribution in [1.29, 1.82) is 0 Å². The number of piperazine rings is 1. The molecule has 11 heteroatoms. The standard InChI is InChI=1S/C19H21Cl2F3N4O2/c1-11-17(21)18(19(22,23)24)25-28(11)10-16(30)27-7-5-26(6-8-27)15-9-13(12(2)29)3-4-14(15)20/h3-4,9,12,29H,5-8,10H2,1-2H3. The third-order valence-electron chi connectivity index (χ3n) is 5.11. The predicted octanol–water partition coefficient (Wildman–Crippen LogP) is 3.92. The molecule has 2 aromatic rings. The molecule has 1 aliphatic heterocycles. The number of hydrogen-bond donors (Lipinski definition) is 1. The zero-order valence-corrected chi connectivity index (χ0v) is 17.9. The SMILES string of the molecule is Cc1c(Cl)c(C(F)(F)F)nn1CC(=O)N1CCN(c2cc(C(C)O)ccc2Cl)CC1. The van der Waals surface area contributed by atoms with E-state index in [0.29, 0.717) is 31.2 Å². The van der Waals surface area contributed by atoms with Gasteiger partial charge < -0.3 is 14.9 Å². The Bertz CT molecular complexity index is 939. The lowest BCUT2D eigenvalue weighted by Crippen LogP contribution is -2.49. The van der Waals surface area contributed by atoms with Crippen molar-refractivity contribution >= 4 is 34.8 Å². The Morgan fingerprint density at radius 3 is 2.40 bits per heavy atom. The number of amides is 1. The van der Waals surface area contributed by atoms with E-state index < -0.39 is 23.0 Å². The van der Waals surface area contributed by atoms with Crippen LogP contribution < -0.4 is 4.90 Å². The number of anilines is 1. The Hall–Kier alpha value is -1.97. The molecule has 1 fully saturated rings. The lowest BCUT2D eigenvalue weighted by molar-refractivity contribution is -0.142. The summed E-state index contributed by atoms with van der Waals surface area (Å²) in [6.07, 6.45) is -5.31. The van der Waals surface area contributed by atoms with Crippen LogP contribution in [0.5, 0.6) is 0 Å². The Morgan fingerprint density at radius 1 is 1.23 bits per heavy atom. The Labute approximate surface area is 181 Å². The molecule has 1 aliphatic rings. The number of halogens is 5. The summed E-state index contributed by atoms with van der Waals surface area (Å²) in [6, 6.07) is 5.29. The average Bonchev–Trinajstić information content (AvgIpc) is 2.97. The number of hydrogen-bond acceptors (Lipinski definition) is 4. The molecule has 0 spiro atoms. The van der Waals surface area contributed by atoms with Gasteiger partial charge in [0.1, 0.15) is 6.54 Å². The van der Waals surface area contributed by atoms with Crippen molar-refractivity contribution < 1.29 is 23.1 Å². The Morgan fingerprint density at radius 2 is 1.87 bits per heavy atom. The maximum Gasteiger partial charge on any atom is 0.436 e. The van der Waals surface area contributed by atoms with Crippen LogP contribution in [-0.4, -0.2) is 51.9 Å². The van der Waals surface area contributed by atoms with Gasteiger partial charge in [0.15, 0.2) is 5.69 Å². The van der Waals surface area contributed by atoms with Gasteiger partial charge in [-0.3, -0.25) is 9.48 Å². The number of aliphatic hydroxyl groups excluding tert-OH is 1. The highest BCUT2D eigenvalue weighted by molar-refractivity contribution is 6.33. The van der Waals surface area contributed by atoms with E-state index in [1.54, 1.807) is 24.0 Å². The maximum atomic E-state index is 13.0. The zero-order chi connectivity index (χ0) is 22.2. The predicted molar refractivity (Wildman–Crippen MR) is 108 cm³/mol. The summed E-state index contributed by atoms with van der Waals surface area (Å²) < 4.78 is 39.9. The van der Waals surface area contributed by atoms with Crippen LogP contribution >= 0.6 is 23.2 Å². The summed E-state index contributed by atoms with van der Waals surface area (Å²) in [5.74, 6) is -0.338. The van der Waals surface area contributed by atoms with Gasteiger partial charge >= 0.3 is 6.18 Å². The van der Waals surface area contributed by atoms with Gasteiger partial charge in [0.2, 0.25) is 5.91 Å². The van der Waals surface area contributed by atoms with Gasteiger partial charge in [-0.1, -0.05) is 29.3 Å². The smallest absolute Gasteiger partial charge is 0.389 e. The molecular weight excluding hydrogens is 444 g/mol. The van der Waals surface area contributed by atoms with E-state index in [1.165, 1.54) is 6.92 Å². The Kier molecular flexibility index (Phi) is 6.54. The van der Waals surface area contributed by atoms with Crippen LogP contribution in [0.4, 0.5) is 18.9 Å². The molecule has 1 saturated heterocycles. The van der Waals surface area contributed by atoms with E-state index >= 15 is 0 Å². The second-order valence-corrected chi connectivity index (χ2v) is 7.94. The van der Waals surface area contributed by atoms with E-state index in [2.05, 4.69) is 5.10 Å². The van der Waals surface area contributed by atoms with Crippen molar-refractivity contribution in [3.05, 3.63) is 45.2 Å². The number of aliphatic hydroxyl groups is 1. The quantitative estimate of drug-likeness (QED) is 0.744. The first-order chi connectivity index (χ1) is 14.0. The first-order valence-electron chi connectivity index (χ1n) is 9.29. The minimum absolute atomic E-state index is 0.0951. The fourth-order valence-corrected chi connectivity index (χ4v) is 3.80. The van der Waals surface area contributed by atoms with Crippen molar-refractivity contribution in [3.63, 3.8) is 0 Å². The van der Waals surface area contributed by atoms with Crippen LogP contribution in [0.25, 0.3) is 0 Å². The number of alkyl halides is 3. The van der Waals surface area contributed by atoms with E-state index in [0.717, 1.165) is 15.9 Å². The molecule has 0 bridgehead atoms. The number of rotatable bonds is 4. The van der Waals surface area contributed by atoms with Gasteiger partial charge in [0.05, 0.1) is 27.5 Å². The van der Waals surface area contributed by atoms with E-state index in [9.17, 15) is 23.1 Å². The van der Waals surface area contributed by atoms with Gasteiger partial charge in [-0.2, -0.15) is 18.3 Å². The average molecular weight is 465 g/mol. The highest BCUT2D eigenvalue weighted by Crippen LogP contribution is 2.35. The Balaban J connectivity index is 1.66. The van der Waals surface area contributed by atoms with Crippen molar-refractivity contribution in [2.24, 2.45) is 0 Å². The van der Waals surface area contributed by atoms with Crippen LogP contribution in [0.3, 0.4) is 0 Å². The minimum atomic E-state index is -4.68. The van der Waals surface area contributed by atoms with Crippen LogP contribution in [0, 0.1) is 6.92 Å². The third kappa shape index (κ3) is 4.68. The lowest BCUT2D eigenvalue weighted by Gasteiger charge is -2.36. The highest BCUT2D eigenvalue weighted by Gasteiger charge is 2.38. The fraction of sp³-hybridized carbons (Fsp3) is 0.474. The van der Waals surface area contributed by atoms with E-state index in [4.69, 9.17) is 23.2 Å². The number of nitrogens with zero attached hydrogens (tertiary/aromatic N) is 4. The lowest BCUT2D eigenvalue weighted by atomic mass is 10.1. The van der Waals surface area contributed by atoms with Gasteiger partial charge in [-0.05, 0) is 31.5 Å². The molecule has 164 valence electrons. The second kappa shape index (κ2) is 8.64. The summed E-state index contributed by atoms with van der Waals surface area (Å²) in [5.41, 5.74) is 0.413. The molecule has 0 aliphatic carbocycles. The second-order valence-electron chi connectivity index (χ2n) is 7.16. The monoisotopic (exact) mass is 464 g/mol. The summed E-state index contributed by atoms with van der Waals surface area (Å²) in [5, 5.41) is 13.3. The molecule has 0 saturated carbocycles. The topological polar surface area (TPSA) is 61.6 Å². The molecule has 0 radical (unpaired) electrons. The largest absolute Gasteiger partial charge is 0.436 e. The summed E-state index contributed by atoms with van der Waals surface area (Å²) >= 11 is 12.0. The first-order valence-corrected chi connectivity index (χ1v) is 10.0. The minimum Gasteiger partial charge on any atom is -0.389 e. The number of benzene rings is 1. The highest BCUT2D eigenvalue weighted by atomic mass is 35.5. The van der Waals surface area contributed by atoms with Gasteiger partial charge in [-0.15, -0.1) is 0 Å². The van der Waals surface area contributed by atoms with Gasteiger partial charge in [0.25, 0.3) is 0 Å². The van der Waals surface area contributed by atoms with Crippen LogP contribution in [0.2, 0.25) is 10.0 Å². The number of carbonyl (C=O) groups excluding carboxylic acids is 1. The molecular formula is C19H21Cl2F3N4O2. The van der Waals surface area contributed by atoms with Crippen LogP contribution in [0.15, 0.2) is 18.2 Å². The normalized spacial score (nSPS) is 16.1. The third-order valence-corrected chi connectivity index (χ3v) is 5.88. The van der Waals surface area contributed by atoms with E-state index in [1.807, 2.05) is 11.0 Å². The molecule has 2 heterocycles. The zero-order valence-electron chi connectivity index (χ0n) is 16.4. The molecule has 1 unspecified atom stereocenters. The van der Waals surface area contributed by atoms with E-state index in [-0.39, 0.29) is 18.1 Å². The fourth-order valence-electron chi connectivity index (χ4n) is 3.32. The molecule has 6 nitrogen and oxygen atoms in total. The van der Waals surface area contributed by atoms with Crippen molar-refractivity contribution in [2.75, 3.05) is 31.1 Å². The summed E-state index contributed by atoms with van der Waals surface area (Å²) in [6.45, 7) is 4.51. The summed E-state index contributed by atoms with van der Waals surface area (Å²) in [7, 11) is 0. The van der Waals surface area contributed by atoms with Crippen molar-refractivity contribution in [2.45, 2.75) is 32.7 Å². The van der Waals surface area contributed by atoms with Crippen molar-refractivity contribution in [3.8, 4) is 0 Å². The summed E-state index contributed by atoms with van der Waals surface area (Å²) in [4.78, 5) is 16.2.